The molecule has 0 bridgehead atoms. The van der Waals surface area contributed by atoms with Crippen molar-refractivity contribution in [2.24, 2.45) is 5.92 Å². The highest BCUT2D eigenvalue weighted by molar-refractivity contribution is 7.89. The fourth-order valence-corrected chi connectivity index (χ4v) is 6.75. The molecule has 29 heavy (non-hydrogen) atoms. The molecule has 8 nitrogen and oxygen atoms in total. The van der Waals surface area contributed by atoms with E-state index in [2.05, 4.69) is 21.1 Å². The Hall–Kier alpha value is -2.44. The first kappa shape index (κ1) is 19.9. The Kier molecular flexibility index (Phi) is 4.87. The van der Waals surface area contributed by atoms with Crippen LogP contribution in [0.5, 0.6) is 0 Å². The average Bonchev–Trinajstić information content (AvgIpc) is 3.34. The summed E-state index contributed by atoms with van der Waals surface area (Å²) in [5.74, 6) is 1.07. The summed E-state index contributed by atoms with van der Waals surface area (Å²) in [6.45, 7) is 9.54. The number of sulfonamides is 1. The minimum Gasteiger partial charge on any atom is -0.355 e. The predicted octanol–water partition coefficient (Wildman–Crippen LogP) is 2.25. The summed E-state index contributed by atoms with van der Waals surface area (Å²) in [6, 6.07) is 5.69. The number of aryl methyl sites for hydroxylation is 1. The van der Waals surface area contributed by atoms with Gasteiger partial charge in [0.15, 0.2) is 0 Å². The van der Waals surface area contributed by atoms with Gasteiger partial charge in [0.2, 0.25) is 10.0 Å². The van der Waals surface area contributed by atoms with Gasteiger partial charge in [-0.15, -0.1) is 0 Å². The zero-order valence-electron chi connectivity index (χ0n) is 17.2. The second-order valence-corrected chi connectivity index (χ2v) is 10.0. The number of pyridine rings is 1. The first-order valence-electron chi connectivity index (χ1n) is 9.92. The van der Waals surface area contributed by atoms with Gasteiger partial charge in [0.05, 0.1) is 17.0 Å². The van der Waals surface area contributed by atoms with E-state index in [4.69, 9.17) is 5.26 Å². The van der Waals surface area contributed by atoms with E-state index in [0.717, 1.165) is 18.8 Å². The van der Waals surface area contributed by atoms with Crippen molar-refractivity contribution in [3.63, 3.8) is 0 Å². The van der Waals surface area contributed by atoms with E-state index in [-0.39, 0.29) is 18.0 Å². The molecular formula is C20H26N6O2S. The van der Waals surface area contributed by atoms with Crippen LogP contribution in [0.15, 0.2) is 23.2 Å². The van der Waals surface area contributed by atoms with Crippen LogP contribution < -0.4 is 4.90 Å². The fourth-order valence-electron chi connectivity index (χ4n) is 4.69. The molecule has 2 aliphatic rings. The Morgan fingerprint density at radius 2 is 2.00 bits per heavy atom. The van der Waals surface area contributed by atoms with Crippen LogP contribution in [0.4, 0.5) is 5.82 Å². The monoisotopic (exact) mass is 414 g/mol. The Balaban J connectivity index is 1.61. The van der Waals surface area contributed by atoms with E-state index in [1.165, 1.54) is 0 Å². The average molecular weight is 415 g/mol. The zero-order valence-corrected chi connectivity index (χ0v) is 18.0. The fraction of sp³-hybridized carbons (Fsp3) is 0.550. The van der Waals surface area contributed by atoms with E-state index in [1.54, 1.807) is 28.2 Å². The second kappa shape index (κ2) is 7.11. The lowest BCUT2D eigenvalue weighted by Gasteiger charge is -2.25. The molecule has 0 spiro atoms. The molecule has 2 aromatic heterocycles. The van der Waals surface area contributed by atoms with Crippen LogP contribution in [-0.4, -0.2) is 53.2 Å². The molecule has 0 N–H and O–H groups in total. The summed E-state index contributed by atoms with van der Waals surface area (Å²) >= 11 is 0. The topological polar surface area (TPSA) is 95.1 Å². The van der Waals surface area contributed by atoms with E-state index in [9.17, 15) is 8.42 Å². The highest BCUT2D eigenvalue weighted by Gasteiger charge is 2.48. The van der Waals surface area contributed by atoms with Gasteiger partial charge in [0.25, 0.3) is 0 Å². The predicted molar refractivity (Wildman–Crippen MR) is 109 cm³/mol. The van der Waals surface area contributed by atoms with Gasteiger partial charge in [0, 0.05) is 37.9 Å². The van der Waals surface area contributed by atoms with Gasteiger partial charge >= 0.3 is 0 Å². The number of hydrogen-bond donors (Lipinski definition) is 0. The molecule has 2 unspecified atom stereocenters. The maximum atomic E-state index is 13.6. The van der Waals surface area contributed by atoms with Crippen molar-refractivity contribution in [1.82, 2.24) is 19.1 Å². The van der Waals surface area contributed by atoms with Crippen LogP contribution in [-0.2, 0) is 10.0 Å². The van der Waals surface area contributed by atoms with Crippen molar-refractivity contribution in [3.05, 3.63) is 35.3 Å². The minimum atomic E-state index is -3.62. The lowest BCUT2D eigenvalue weighted by molar-refractivity contribution is 0.384. The van der Waals surface area contributed by atoms with Gasteiger partial charge < -0.3 is 4.90 Å². The van der Waals surface area contributed by atoms with Crippen molar-refractivity contribution >= 4 is 15.8 Å². The molecule has 4 rings (SSSR count). The SMILES string of the molecule is Cc1nn(C(C)C)c(C)c1S(=O)(=O)N1CCC2CN(c3ccc(C#N)cn3)CC21. The summed E-state index contributed by atoms with van der Waals surface area (Å²) in [5.41, 5.74) is 1.78. The first-order valence-corrected chi connectivity index (χ1v) is 11.4. The van der Waals surface area contributed by atoms with Crippen LogP contribution in [0.2, 0.25) is 0 Å². The molecule has 2 fully saturated rings. The van der Waals surface area contributed by atoms with E-state index in [0.29, 0.717) is 34.9 Å². The van der Waals surface area contributed by atoms with Gasteiger partial charge in [-0.25, -0.2) is 13.4 Å². The maximum Gasteiger partial charge on any atom is 0.247 e. The smallest absolute Gasteiger partial charge is 0.247 e. The molecule has 0 aliphatic carbocycles. The largest absolute Gasteiger partial charge is 0.355 e. The van der Waals surface area contributed by atoms with Gasteiger partial charge in [-0.05, 0) is 52.2 Å². The van der Waals surface area contributed by atoms with Crippen LogP contribution >= 0.6 is 0 Å². The molecule has 0 saturated carbocycles. The normalized spacial score (nSPS) is 22.3. The summed E-state index contributed by atoms with van der Waals surface area (Å²) < 4.78 is 30.6. The number of nitrogens with zero attached hydrogens (tertiary/aromatic N) is 6. The van der Waals surface area contributed by atoms with E-state index < -0.39 is 10.0 Å². The third-order valence-electron chi connectivity index (χ3n) is 6.01. The van der Waals surface area contributed by atoms with Gasteiger partial charge in [-0.1, -0.05) is 0 Å². The van der Waals surface area contributed by atoms with Crippen molar-refractivity contribution in [3.8, 4) is 6.07 Å². The first-order chi connectivity index (χ1) is 13.7. The lowest BCUT2D eigenvalue weighted by atomic mass is 10.1. The van der Waals surface area contributed by atoms with E-state index >= 15 is 0 Å². The highest BCUT2D eigenvalue weighted by Crippen LogP contribution is 2.38. The molecule has 0 amide bonds. The Morgan fingerprint density at radius 3 is 2.59 bits per heavy atom. The van der Waals surface area contributed by atoms with Crippen molar-refractivity contribution in [2.45, 2.75) is 51.1 Å². The van der Waals surface area contributed by atoms with Crippen LogP contribution in [0.1, 0.15) is 43.3 Å². The summed E-state index contributed by atoms with van der Waals surface area (Å²) in [5, 5.41) is 13.4. The van der Waals surface area contributed by atoms with Gasteiger partial charge in [-0.3, -0.25) is 4.68 Å². The molecule has 154 valence electrons. The standard InChI is InChI=1S/C20H26N6O2S/c1-13(2)26-15(4)20(14(3)23-26)29(27,28)25-8-7-17-11-24(12-18(17)25)19-6-5-16(9-21)10-22-19/h5-6,10,13,17-18H,7-8,11-12H2,1-4H3. The van der Waals surface area contributed by atoms with Crippen LogP contribution in [0.3, 0.4) is 0 Å². The summed E-state index contributed by atoms with van der Waals surface area (Å²) in [4.78, 5) is 6.85. The third-order valence-corrected chi connectivity index (χ3v) is 8.19. The Morgan fingerprint density at radius 1 is 1.24 bits per heavy atom. The molecule has 2 aliphatic heterocycles. The summed E-state index contributed by atoms with van der Waals surface area (Å²) in [7, 11) is -3.62. The third kappa shape index (κ3) is 3.20. The van der Waals surface area contributed by atoms with Crippen LogP contribution in [0, 0.1) is 31.1 Å². The van der Waals surface area contributed by atoms with Crippen molar-refractivity contribution < 1.29 is 8.42 Å². The van der Waals surface area contributed by atoms with Gasteiger partial charge in [0.1, 0.15) is 16.8 Å². The molecule has 0 radical (unpaired) electrons. The zero-order chi connectivity index (χ0) is 20.9. The lowest BCUT2D eigenvalue weighted by Crippen LogP contribution is -2.40. The molecule has 2 saturated heterocycles. The number of fused-ring (bicyclic) bond motifs is 1. The number of hydrogen-bond acceptors (Lipinski definition) is 6. The quantitative estimate of drug-likeness (QED) is 0.761. The highest BCUT2D eigenvalue weighted by atomic mass is 32.2. The number of rotatable bonds is 4. The van der Waals surface area contributed by atoms with Gasteiger partial charge in [-0.2, -0.15) is 14.7 Å². The van der Waals surface area contributed by atoms with Crippen LogP contribution in [0.25, 0.3) is 0 Å². The Labute approximate surface area is 171 Å². The van der Waals surface area contributed by atoms with E-state index in [1.807, 2.05) is 26.8 Å². The second-order valence-electron chi connectivity index (χ2n) is 8.19. The number of anilines is 1. The number of aromatic nitrogens is 3. The van der Waals surface area contributed by atoms with Crippen molar-refractivity contribution in [1.29, 1.82) is 5.26 Å². The molecule has 2 atom stereocenters. The maximum absolute atomic E-state index is 13.6. The molecular weight excluding hydrogens is 388 g/mol. The van der Waals surface area contributed by atoms with Crippen molar-refractivity contribution in [2.75, 3.05) is 24.5 Å². The molecule has 0 aromatic carbocycles. The molecule has 4 heterocycles. The number of nitriles is 1. The molecule has 9 heteroatoms. The molecule has 2 aromatic rings. The Bertz CT molecular complexity index is 1070. The minimum absolute atomic E-state index is 0.0707. The summed E-state index contributed by atoms with van der Waals surface area (Å²) in [6.07, 6.45) is 2.40.